The third kappa shape index (κ3) is 2.59. The fraction of sp³-hybridized carbons (Fsp3) is 0.588. The fourth-order valence-electron chi connectivity index (χ4n) is 3.91. The lowest BCUT2D eigenvalue weighted by Crippen LogP contribution is -2.35. The van der Waals surface area contributed by atoms with Crippen molar-refractivity contribution in [3.05, 3.63) is 29.8 Å². The van der Waals surface area contributed by atoms with Crippen molar-refractivity contribution >= 4 is 5.97 Å². The smallest absolute Gasteiger partial charge is 0.339 e. The summed E-state index contributed by atoms with van der Waals surface area (Å²) in [5, 5.41) is 18.4. The number of hydrogen-bond acceptors (Lipinski definition) is 4. The van der Waals surface area contributed by atoms with E-state index in [1.54, 1.807) is 12.1 Å². The van der Waals surface area contributed by atoms with Gasteiger partial charge >= 0.3 is 5.97 Å². The van der Waals surface area contributed by atoms with Gasteiger partial charge in [0.2, 0.25) is 0 Å². The number of para-hydroxylation sites is 1. The molecule has 0 aromatic heterocycles. The number of aliphatic hydroxyl groups excluding tert-OH is 1. The van der Waals surface area contributed by atoms with E-state index in [0.717, 1.165) is 12.3 Å². The predicted molar refractivity (Wildman–Crippen MR) is 83.5 cm³/mol. The molecule has 5 heteroatoms. The Kier molecular flexibility index (Phi) is 4.49. The van der Waals surface area contributed by atoms with Gasteiger partial charge in [0.25, 0.3) is 0 Å². The first kappa shape index (κ1) is 16.8. The van der Waals surface area contributed by atoms with Gasteiger partial charge in [0.15, 0.2) is 5.75 Å². The zero-order valence-electron chi connectivity index (χ0n) is 13.4. The van der Waals surface area contributed by atoms with Crippen LogP contribution in [0.5, 0.6) is 5.75 Å². The van der Waals surface area contributed by atoms with E-state index in [2.05, 4.69) is 25.6 Å². The number of aromatic carboxylic acids is 1. The largest absolute Gasteiger partial charge is 0.478 e. The van der Waals surface area contributed by atoms with E-state index in [9.17, 15) is 9.90 Å². The van der Waals surface area contributed by atoms with Crippen molar-refractivity contribution in [2.24, 2.45) is 22.6 Å². The van der Waals surface area contributed by atoms with E-state index < -0.39 is 5.97 Å². The van der Waals surface area contributed by atoms with Crippen molar-refractivity contribution < 1.29 is 19.8 Å². The van der Waals surface area contributed by atoms with Gasteiger partial charge in [-0.05, 0) is 48.1 Å². The van der Waals surface area contributed by atoms with Gasteiger partial charge in [-0.25, -0.2) is 4.79 Å². The Morgan fingerprint density at radius 1 is 1.32 bits per heavy atom. The number of rotatable bonds is 2. The van der Waals surface area contributed by atoms with Crippen LogP contribution in [0.4, 0.5) is 0 Å². The maximum Gasteiger partial charge on any atom is 0.339 e. The van der Waals surface area contributed by atoms with Crippen LogP contribution < -0.4 is 10.7 Å². The predicted octanol–water partition coefficient (Wildman–Crippen LogP) is 2.83. The quantitative estimate of drug-likeness (QED) is 0.731. The highest BCUT2D eigenvalue weighted by atomic mass is 16.6. The molecule has 0 aliphatic heterocycles. The second kappa shape index (κ2) is 5.89. The molecule has 0 saturated heterocycles. The first-order chi connectivity index (χ1) is 10.2. The first-order valence-electron chi connectivity index (χ1n) is 7.61. The third-order valence-corrected chi connectivity index (χ3v) is 5.99. The molecule has 2 fully saturated rings. The molecule has 2 aliphatic carbocycles. The van der Waals surface area contributed by atoms with Crippen LogP contribution in [0.15, 0.2) is 24.3 Å². The minimum absolute atomic E-state index is 0.0313. The second-order valence-corrected chi connectivity index (χ2v) is 7.05. The summed E-state index contributed by atoms with van der Waals surface area (Å²) < 4.78 is 0. The molecule has 2 saturated carbocycles. The summed E-state index contributed by atoms with van der Waals surface area (Å²) >= 11 is 0. The minimum atomic E-state index is -1.05. The molecule has 2 aliphatic rings. The van der Waals surface area contributed by atoms with E-state index in [1.165, 1.54) is 25.0 Å². The Morgan fingerprint density at radius 3 is 2.27 bits per heavy atom. The molecule has 22 heavy (non-hydrogen) atoms. The molecule has 122 valence electrons. The number of nitrogens with two attached hydrogens (primary N) is 1. The molecule has 2 bridgehead atoms. The third-order valence-electron chi connectivity index (χ3n) is 5.99. The minimum Gasteiger partial charge on any atom is -0.478 e. The summed E-state index contributed by atoms with van der Waals surface area (Å²) in [4.78, 5) is 14.8. The van der Waals surface area contributed by atoms with Crippen LogP contribution in [-0.2, 0) is 0 Å². The first-order valence-corrected chi connectivity index (χ1v) is 7.61. The number of aliphatic hydroxyl groups is 1. The van der Waals surface area contributed by atoms with Crippen LogP contribution >= 0.6 is 0 Å². The average Bonchev–Trinajstić information content (AvgIpc) is 2.81. The maximum atomic E-state index is 10.4. The Balaban J connectivity index is 0.000000160. The molecule has 0 amide bonds. The van der Waals surface area contributed by atoms with Gasteiger partial charge in [-0.3, -0.25) is 0 Å². The molecule has 3 rings (SSSR count). The molecule has 1 aromatic rings. The number of carboxylic acids is 1. The van der Waals surface area contributed by atoms with Gasteiger partial charge in [-0.2, -0.15) is 5.90 Å². The monoisotopic (exact) mass is 307 g/mol. The van der Waals surface area contributed by atoms with E-state index >= 15 is 0 Å². The fourth-order valence-corrected chi connectivity index (χ4v) is 3.91. The van der Waals surface area contributed by atoms with Crippen LogP contribution in [0.25, 0.3) is 0 Å². The van der Waals surface area contributed by atoms with Crippen LogP contribution in [0.3, 0.4) is 0 Å². The zero-order chi connectivity index (χ0) is 16.5. The van der Waals surface area contributed by atoms with Crippen molar-refractivity contribution in [2.75, 3.05) is 0 Å². The molecule has 3 atom stereocenters. The van der Waals surface area contributed by atoms with Crippen LogP contribution in [-0.4, -0.2) is 22.3 Å². The van der Waals surface area contributed by atoms with Crippen molar-refractivity contribution in [2.45, 2.75) is 46.1 Å². The second-order valence-electron chi connectivity index (χ2n) is 7.05. The Labute approximate surface area is 131 Å². The van der Waals surface area contributed by atoms with Gasteiger partial charge in [-0.1, -0.05) is 32.9 Å². The molecule has 0 spiro atoms. The summed E-state index contributed by atoms with van der Waals surface area (Å²) in [6.45, 7) is 6.90. The summed E-state index contributed by atoms with van der Waals surface area (Å²) in [5.74, 6) is 4.72. The van der Waals surface area contributed by atoms with Gasteiger partial charge in [0.05, 0.1) is 6.10 Å². The summed E-state index contributed by atoms with van der Waals surface area (Å²) in [5.41, 5.74) is 0.666. The van der Waals surface area contributed by atoms with E-state index in [4.69, 9.17) is 11.0 Å². The molecule has 1 aromatic carbocycles. The average molecular weight is 307 g/mol. The number of fused-ring (bicyclic) bond motifs is 2. The van der Waals surface area contributed by atoms with E-state index in [1.807, 2.05) is 0 Å². The summed E-state index contributed by atoms with van der Waals surface area (Å²) in [6.07, 6.45) is 3.58. The number of hydrogen-bond donors (Lipinski definition) is 3. The molecule has 0 radical (unpaired) electrons. The van der Waals surface area contributed by atoms with Crippen molar-refractivity contribution in [3.63, 3.8) is 0 Å². The lowest BCUT2D eigenvalue weighted by molar-refractivity contribution is 0.0126. The van der Waals surface area contributed by atoms with Gasteiger partial charge in [0.1, 0.15) is 5.56 Å². The van der Waals surface area contributed by atoms with Crippen LogP contribution in [0.1, 0.15) is 50.4 Å². The zero-order valence-corrected chi connectivity index (χ0v) is 13.4. The Morgan fingerprint density at radius 2 is 1.95 bits per heavy atom. The van der Waals surface area contributed by atoms with Crippen molar-refractivity contribution in [1.29, 1.82) is 0 Å². The summed E-state index contributed by atoms with van der Waals surface area (Å²) in [7, 11) is 0. The van der Waals surface area contributed by atoms with Gasteiger partial charge in [-0.15, -0.1) is 0 Å². The Bertz CT molecular complexity index is 557. The molecular weight excluding hydrogens is 282 g/mol. The number of carbonyl (C=O) groups is 1. The lowest BCUT2D eigenvalue weighted by Gasteiger charge is -2.36. The number of carboxylic acid groups (broad SMARTS) is 1. The molecule has 0 heterocycles. The van der Waals surface area contributed by atoms with Gasteiger partial charge in [0, 0.05) is 0 Å². The highest BCUT2D eigenvalue weighted by Crippen LogP contribution is 2.65. The SMILES string of the molecule is CC1(C)C2CCC1(C)C(O)C2.NOc1ccccc1C(=O)O. The molecular formula is C17H25NO4. The normalized spacial score (nSPS) is 31.3. The van der Waals surface area contributed by atoms with E-state index in [0.29, 0.717) is 5.41 Å². The van der Waals surface area contributed by atoms with Crippen LogP contribution in [0.2, 0.25) is 0 Å². The standard InChI is InChI=1S/C10H18O.C7H7NO3/c1-9(2)7-4-5-10(9,3)8(11)6-7;8-11-6-4-2-1-3-5(6)7(9)10/h7-8,11H,4-6H2,1-3H3;1-4H,8H2,(H,9,10). The molecule has 4 N–H and O–H groups in total. The van der Waals surface area contributed by atoms with Crippen molar-refractivity contribution in [3.8, 4) is 5.75 Å². The van der Waals surface area contributed by atoms with Crippen molar-refractivity contribution in [1.82, 2.24) is 0 Å². The topological polar surface area (TPSA) is 92.8 Å². The number of benzene rings is 1. The van der Waals surface area contributed by atoms with Gasteiger partial charge < -0.3 is 15.1 Å². The molecule has 3 unspecified atom stereocenters. The maximum absolute atomic E-state index is 10.4. The van der Waals surface area contributed by atoms with E-state index in [-0.39, 0.29) is 22.8 Å². The highest BCUT2D eigenvalue weighted by Gasteiger charge is 2.60. The summed E-state index contributed by atoms with van der Waals surface area (Å²) in [6, 6.07) is 6.16. The Hall–Kier alpha value is -1.59. The molecule has 5 nitrogen and oxygen atoms in total. The van der Waals surface area contributed by atoms with Crippen LogP contribution in [0, 0.1) is 16.7 Å². The highest BCUT2D eigenvalue weighted by molar-refractivity contribution is 5.90. The lowest BCUT2D eigenvalue weighted by atomic mass is 9.70.